The third kappa shape index (κ3) is 6.25. The molecule has 0 aliphatic heterocycles. The van der Waals surface area contributed by atoms with Crippen molar-refractivity contribution in [3.8, 4) is 11.5 Å². The van der Waals surface area contributed by atoms with Crippen LogP contribution in [-0.4, -0.2) is 25.6 Å². The molecule has 0 unspecified atom stereocenters. The second-order valence-corrected chi connectivity index (χ2v) is 5.16. The fourth-order valence-electron chi connectivity index (χ4n) is 2.44. The molecule has 21 heavy (non-hydrogen) atoms. The van der Waals surface area contributed by atoms with E-state index in [2.05, 4.69) is 10.1 Å². The molecule has 1 aromatic carbocycles. The summed E-state index contributed by atoms with van der Waals surface area (Å²) in [6.07, 6.45) is 1.33. The first kappa shape index (κ1) is 15.9. The van der Waals surface area contributed by atoms with Crippen LogP contribution >= 0.6 is 0 Å². The van der Waals surface area contributed by atoms with Crippen LogP contribution in [0.15, 0.2) is 24.3 Å². The summed E-state index contributed by atoms with van der Waals surface area (Å²) in [4.78, 5) is 0. The number of halogens is 3. The molecule has 2 rings (SSSR count). The number of alkyl halides is 3. The summed E-state index contributed by atoms with van der Waals surface area (Å²) < 4.78 is 45.3. The molecule has 0 aromatic heterocycles. The Morgan fingerprint density at radius 2 is 1.67 bits per heavy atom. The van der Waals surface area contributed by atoms with Crippen LogP contribution < -0.4 is 14.8 Å². The van der Waals surface area contributed by atoms with E-state index in [1.54, 1.807) is 0 Å². The van der Waals surface area contributed by atoms with Gasteiger partial charge in [0.25, 0.3) is 0 Å². The van der Waals surface area contributed by atoms with E-state index in [1.165, 1.54) is 49.9 Å². The van der Waals surface area contributed by atoms with E-state index in [0.717, 1.165) is 13.0 Å². The van der Waals surface area contributed by atoms with Crippen molar-refractivity contribution in [3.63, 3.8) is 0 Å². The molecule has 1 N–H and O–H groups in total. The van der Waals surface area contributed by atoms with Gasteiger partial charge in [0.2, 0.25) is 0 Å². The highest BCUT2D eigenvalue weighted by Crippen LogP contribution is 2.24. The summed E-state index contributed by atoms with van der Waals surface area (Å²) in [5.74, 6) is 0.308. The van der Waals surface area contributed by atoms with Gasteiger partial charge < -0.3 is 14.8 Å². The maximum atomic E-state index is 12.0. The van der Waals surface area contributed by atoms with E-state index >= 15 is 0 Å². The van der Waals surface area contributed by atoms with Crippen LogP contribution in [0.2, 0.25) is 0 Å². The molecule has 0 heterocycles. The van der Waals surface area contributed by atoms with Gasteiger partial charge in [-0.1, -0.05) is 12.8 Å². The van der Waals surface area contributed by atoms with Crippen LogP contribution in [0.4, 0.5) is 13.2 Å². The molecule has 1 fully saturated rings. The van der Waals surface area contributed by atoms with Crippen molar-refractivity contribution in [3.05, 3.63) is 24.3 Å². The van der Waals surface area contributed by atoms with Crippen molar-refractivity contribution in [1.82, 2.24) is 5.32 Å². The van der Waals surface area contributed by atoms with E-state index in [1.807, 2.05) is 0 Å². The summed E-state index contributed by atoms with van der Waals surface area (Å²) in [6.45, 7) is 1.44. The molecule has 1 aliphatic rings. The van der Waals surface area contributed by atoms with Crippen molar-refractivity contribution >= 4 is 0 Å². The maximum absolute atomic E-state index is 12.0. The number of ether oxygens (including phenoxy) is 2. The van der Waals surface area contributed by atoms with Gasteiger partial charge in [0.05, 0.1) is 6.61 Å². The van der Waals surface area contributed by atoms with Crippen LogP contribution in [0, 0.1) is 0 Å². The molecule has 0 atom stereocenters. The lowest BCUT2D eigenvalue weighted by molar-refractivity contribution is -0.274. The van der Waals surface area contributed by atoms with Gasteiger partial charge in [0.15, 0.2) is 0 Å². The molecule has 118 valence electrons. The van der Waals surface area contributed by atoms with Gasteiger partial charge in [-0.2, -0.15) is 0 Å². The molecule has 1 aliphatic carbocycles. The smallest absolute Gasteiger partial charge is 0.494 e. The Kier molecular flexibility index (Phi) is 5.73. The Bertz CT molecular complexity index is 414. The highest BCUT2D eigenvalue weighted by molar-refractivity contribution is 5.31. The Hall–Kier alpha value is -1.43. The Morgan fingerprint density at radius 1 is 1.05 bits per heavy atom. The van der Waals surface area contributed by atoms with Crippen molar-refractivity contribution in [2.45, 2.75) is 44.5 Å². The third-order valence-corrected chi connectivity index (χ3v) is 3.44. The minimum Gasteiger partial charge on any atom is -0.494 e. The van der Waals surface area contributed by atoms with Crippen LogP contribution in [0.25, 0.3) is 0 Å². The van der Waals surface area contributed by atoms with E-state index in [0.29, 0.717) is 18.4 Å². The highest BCUT2D eigenvalue weighted by atomic mass is 19.4. The standard InChI is InChI=1S/C15H20F3NO2/c16-15(17,18)21-14-8-6-13(7-9-14)20-11-3-10-19-12-4-1-2-5-12/h6-9,12,19H,1-5,10-11H2. The molecular weight excluding hydrogens is 283 g/mol. The van der Waals surface area contributed by atoms with E-state index in [-0.39, 0.29) is 5.75 Å². The fraction of sp³-hybridized carbons (Fsp3) is 0.600. The monoisotopic (exact) mass is 303 g/mol. The minimum absolute atomic E-state index is 0.238. The van der Waals surface area contributed by atoms with Gasteiger partial charge in [-0.3, -0.25) is 0 Å². The lowest BCUT2D eigenvalue weighted by Crippen LogP contribution is -2.27. The van der Waals surface area contributed by atoms with Crippen LogP contribution in [0.5, 0.6) is 11.5 Å². The average Bonchev–Trinajstić information content (AvgIpc) is 2.92. The van der Waals surface area contributed by atoms with E-state index in [9.17, 15) is 13.2 Å². The molecule has 6 heteroatoms. The van der Waals surface area contributed by atoms with Gasteiger partial charge in [-0.25, -0.2) is 0 Å². The highest BCUT2D eigenvalue weighted by Gasteiger charge is 2.30. The van der Waals surface area contributed by atoms with Crippen molar-refractivity contribution in [2.24, 2.45) is 0 Å². The largest absolute Gasteiger partial charge is 0.573 e. The second-order valence-electron chi connectivity index (χ2n) is 5.16. The topological polar surface area (TPSA) is 30.5 Å². The van der Waals surface area contributed by atoms with Gasteiger partial charge >= 0.3 is 6.36 Å². The van der Waals surface area contributed by atoms with Crippen LogP contribution in [0.1, 0.15) is 32.1 Å². The van der Waals surface area contributed by atoms with Crippen LogP contribution in [-0.2, 0) is 0 Å². The van der Waals surface area contributed by atoms with Gasteiger partial charge in [0, 0.05) is 6.04 Å². The predicted molar refractivity (Wildman–Crippen MR) is 73.5 cm³/mol. The zero-order valence-electron chi connectivity index (χ0n) is 11.8. The number of rotatable bonds is 7. The van der Waals surface area contributed by atoms with Crippen molar-refractivity contribution in [2.75, 3.05) is 13.2 Å². The molecule has 3 nitrogen and oxygen atoms in total. The molecule has 1 aromatic rings. The van der Waals surface area contributed by atoms with E-state index in [4.69, 9.17) is 4.74 Å². The molecule has 0 amide bonds. The fourth-order valence-corrected chi connectivity index (χ4v) is 2.44. The molecule has 0 spiro atoms. The Balaban J connectivity index is 1.62. The zero-order valence-corrected chi connectivity index (χ0v) is 11.8. The lowest BCUT2D eigenvalue weighted by Gasteiger charge is -2.12. The number of hydrogen-bond acceptors (Lipinski definition) is 3. The quantitative estimate of drug-likeness (QED) is 0.775. The van der Waals surface area contributed by atoms with E-state index < -0.39 is 6.36 Å². The average molecular weight is 303 g/mol. The first-order chi connectivity index (χ1) is 10.0. The zero-order chi connectivity index (χ0) is 15.1. The first-order valence-electron chi connectivity index (χ1n) is 7.25. The summed E-state index contributed by atoms with van der Waals surface area (Å²) in [7, 11) is 0. The molecule has 0 bridgehead atoms. The predicted octanol–water partition coefficient (Wildman–Crippen LogP) is 3.89. The summed E-state index contributed by atoms with van der Waals surface area (Å²) in [5, 5.41) is 3.48. The first-order valence-corrected chi connectivity index (χ1v) is 7.25. The second kappa shape index (κ2) is 7.54. The lowest BCUT2D eigenvalue weighted by atomic mass is 10.2. The molecule has 1 saturated carbocycles. The summed E-state index contributed by atoms with van der Waals surface area (Å²) in [6, 6.07) is 6.10. The SMILES string of the molecule is FC(F)(F)Oc1ccc(OCCCNC2CCCC2)cc1. The van der Waals surface area contributed by atoms with Gasteiger partial charge in [-0.05, 0) is 50.1 Å². The number of hydrogen-bond donors (Lipinski definition) is 1. The number of benzene rings is 1. The molecular formula is C15H20F3NO2. The number of nitrogens with one attached hydrogen (secondary N) is 1. The molecule has 0 radical (unpaired) electrons. The minimum atomic E-state index is -4.66. The molecule has 0 saturated heterocycles. The normalized spacial score (nSPS) is 16.1. The third-order valence-electron chi connectivity index (χ3n) is 3.44. The Morgan fingerprint density at radius 3 is 2.29 bits per heavy atom. The summed E-state index contributed by atoms with van der Waals surface area (Å²) >= 11 is 0. The van der Waals surface area contributed by atoms with Gasteiger partial charge in [-0.15, -0.1) is 13.2 Å². The summed E-state index contributed by atoms with van der Waals surface area (Å²) in [5.41, 5.74) is 0. The van der Waals surface area contributed by atoms with Crippen molar-refractivity contribution in [1.29, 1.82) is 0 Å². The maximum Gasteiger partial charge on any atom is 0.573 e. The van der Waals surface area contributed by atoms with Crippen LogP contribution in [0.3, 0.4) is 0 Å². The Labute approximate surface area is 122 Å². The van der Waals surface area contributed by atoms with Crippen molar-refractivity contribution < 1.29 is 22.6 Å². The van der Waals surface area contributed by atoms with Gasteiger partial charge in [0.1, 0.15) is 11.5 Å².